The summed E-state index contributed by atoms with van der Waals surface area (Å²) < 4.78 is 7.28. The van der Waals surface area contributed by atoms with Crippen LogP contribution >= 0.6 is 11.8 Å². The summed E-state index contributed by atoms with van der Waals surface area (Å²) in [7, 11) is 0. The summed E-state index contributed by atoms with van der Waals surface area (Å²) in [6.45, 7) is 10.1. The predicted octanol–water partition coefficient (Wildman–Crippen LogP) is 3.01. The molecule has 1 N–H and O–H groups in total. The van der Waals surface area contributed by atoms with Crippen LogP contribution in [0.4, 0.5) is 0 Å². The average Bonchev–Trinajstić information content (AvgIpc) is 3.17. The zero-order valence-corrected chi connectivity index (χ0v) is 16.0. The fraction of sp³-hybridized carbons (Fsp3) is 0.529. The first-order valence-corrected chi connectivity index (χ1v) is 9.13. The summed E-state index contributed by atoms with van der Waals surface area (Å²) in [5, 5.41) is 21.2. The minimum atomic E-state index is -0.880. The van der Waals surface area contributed by atoms with E-state index in [1.54, 1.807) is 13.2 Å². The number of nitrogens with zero attached hydrogens (tertiary/aromatic N) is 4. The Kier molecular flexibility index (Phi) is 5.90. The standard InChI is InChI=1S/C17H23N5O2S/c1-6-22-15(13-7-8-24-12(13)4)20-21-16(22)25-9-14(23)19-17(5,10-18)11(2)3/h7-8,11H,6,9H2,1-5H3,(H,19,23)/t17-/m0/s1. The first kappa shape index (κ1) is 19.1. The van der Waals surface area contributed by atoms with Crippen LogP contribution in [-0.4, -0.2) is 32.0 Å². The number of nitriles is 1. The van der Waals surface area contributed by atoms with Crippen molar-refractivity contribution in [1.29, 1.82) is 5.26 Å². The van der Waals surface area contributed by atoms with E-state index >= 15 is 0 Å². The Bertz CT molecular complexity index is 789. The zero-order chi connectivity index (χ0) is 18.6. The van der Waals surface area contributed by atoms with Gasteiger partial charge in [0.2, 0.25) is 5.91 Å². The first-order chi connectivity index (χ1) is 11.8. The fourth-order valence-corrected chi connectivity index (χ4v) is 3.06. The first-order valence-electron chi connectivity index (χ1n) is 8.15. The van der Waals surface area contributed by atoms with E-state index in [1.165, 1.54) is 11.8 Å². The van der Waals surface area contributed by atoms with E-state index in [1.807, 2.05) is 38.3 Å². The van der Waals surface area contributed by atoms with Crippen molar-refractivity contribution in [3.63, 3.8) is 0 Å². The van der Waals surface area contributed by atoms with Crippen LogP contribution in [0.1, 0.15) is 33.5 Å². The molecule has 0 aliphatic carbocycles. The van der Waals surface area contributed by atoms with E-state index in [9.17, 15) is 10.1 Å². The van der Waals surface area contributed by atoms with Crippen LogP contribution in [-0.2, 0) is 11.3 Å². The Morgan fingerprint density at radius 2 is 2.24 bits per heavy atom. The van der Waals surface area contributed by atoms with Crippen molar-refractivity contribution >= 4 is 17.7 Å². The maximum Gasteiger partial charge on any atom is 0.231 e. The highest BCUT2D eigenvalue weighted by atomic mass is 32.2. The highest BCUT2D eigenvalue weighted by Crippen LogP contribution is 2.27. The van der Waals surface area contributed by atoms with Crippen molar-refractivity contribution in [1.82, 2.24) is 20.1 Å². The van der Waals surface area contributed by atoms with Crippen LogP contribution in [0.15, 0.2) is 21.9 Å². The molecule has 0 fully saturated rings. The van der Waals surface area contributed by atoms with Crippen molar-refractivity contribution in [3.05, 3.63) is 18.1 Å². The third-order valence-electron chi connectivity index (χ3n) is 4.25. The van der Waals surface area contributed by atoms with Gasteiger partial charge in [-0.15, -0.1) is 10.2 Å². The Morgan fingerprint density at radius 3 is 2.76 bits per heavy atom. The summed E-state index contributed by atoms with van der Waals surface area (Å²) in [4.78, 5) is 12.2. The second-order valence-corrected chi connectivity index (χ2v) is 7.19. The molecule has 7 nitrogen and oxygen atoms in total. The zero-order valence-electron chi connectivity index (χ0n) is 15.2. The lowest BCUT2D eigenvalue weighted by Gasteiger charge is -2.27. The van der Waals surface area contributed by atoms with Gasteiger partial charge in [0.05, 0.1) is 23.6 Å². The van der Waals surface area contributed by atoms with Gasteiger partial charge in [0.1, 0.15) is 11.3 Å². The number of nitrogens with one attached hydrogen (secondary N) is 1. The van der Waals surface area contributed by atoms with E-state index in [4.69, 9.17) is 4.42 Å². The second kappa shape index (κ2) is 7.74. The van der Waals surface area contributed by atoms with Crippen LogP contribution in [0, 0.1) is 24.2 Å². The molecule has 2 aromatic heterocycles. The fourth-order valence-electron chi connectivity index (χ4n) is 2.25. The Labute approximate surface area is 151 Å². The molecule has 0 saturated heterocycles. The largest absolute Gasteiger partial charge is 0.469 e. The smallest absolute Gasteiger partial charge is 0.231 e. The van der Waals surface area contributed by atoms with Gasteiger partial charge in [0, 0.05) is 6.54 Å². The minimum absolute atomic E-state index is 0.0152. The van der Waals surface area contributed by atoms with E-state index in [-0.39, 0.29) is 17.6 Å². The molecule has 1 amide bonds. The molecule has 0 aliphatic rings. The van der Waals surface area contributed by atoms with E-state index in [2.05, 4.69) is 21.6 Å². The van der Waals surface area contributed by atoms with Crippen molar-refractivity contribution in [3.8, 4) is 17.5 Å². The molecule has 2 rings (SSSR count). The van der Waals surface area contributed by atoms with Crippen molar-refractivity contribution in [2.75, 3.05) is 5.75 Å². The van der Waals surface area contributed by atoms with E-state index in [0.717, 1.165) is 17.1 Å². The summed E-state index contributed by atoms with van der Waals surface area (Å²) in [5.74, 6) is 1.49. The van der Waals surface area contributed by atoms with Crippen molar-refractivity contribution in [2.24, 2.45) is 5.92 Å². The minimum Gasteiger partial charge on any atom is -0.469 e. The molecule has 134 valence electrons. The number of hydrogen-bond donors (Lipinski definition) is 1. The molecule has 0 radical (unpaired) electrons. The quantitative estimate of drug-likeness (QED) is 0.762. The summed E-state index contributed by atoms with van der Waals surface area (Å²) in [6.07, 6.45) is 1.62. The summed E-state index contributed by atoms with van der Waals surface area (Å²) in [5.41, 5.74) is 0.0114. The lowest BCUT2D eigenvalue weighted by Crippen LogP contribution is -2.49. The molecular weight excluding hydrogens is 338 g/mol. The Hall–Kier alpha value is -2.27. The third-order valence-corrected chi connectivity index (χ3v) is 5.22. The molecule has 25 heavy (non-hydrogen) atoms. The van der Waals surface area contributed by atoms with Gasteiger partial charge in [-0.3, -0.25) is 4.79 Å². The number of rotatable bonds is 7. The van der Waals surface area contributed by atoms with Gasteiger partial charge in [-0.1, -0.05) is 25.6 Å². The summed E-state index contributed by atoms with van der Waals surface area (Å²) >= 11 is 1.30. The number of aromatic nitrogens is 3. The van der Waals surface area contributed by atoms with Gasteiger partial charge in [-0.2, -0.15) is 5.26 Å². The number of hydrogen-bond acceptors (Lipinski definition) is 6. The van der Waals surface area contributed by atoms with Crippen LogP contribution in [0.25, 0.3) is 11.4 Å². The van der Waals surface area contributed by atoms with Gasteiger partial charge in [-0.05, 0) is 32.8 Å². The highest BCUT2D eigenvalue weighted by molar-refractivity contribution is 7.99. The predicted molar refractivity (Wildman–Crippen MR) is 95.9 cm³/mol. The van der Waals surface area contributed by atoms with Gasteiger partial charge in [0.15, 0.2) is 11.0 Å². The Balaban J connectivity index is 2.09. The van der Waals surface area contributed by atoms with E-state index in [0.29, 0.717) is 11.7 Å². The van der Waals surface area contributed by atoms with Crippen molar-refractivity contribution in [2.45, 2.75) is 51.9 Å². The molecule has 1 atom stereocenters. The van der Waals surface area contributed by atoms with Gasteiger partial charge >= 0.3 is 0 Å². The molecular formula is C17H23N5O2S. The van der Waals surface area contributed by atoms with Gasteiger partial charge in [0.25, 0.3) is 0 Å². The molecule has 0 unspecified atom stereocenters. The molecule has 0 bridgehead atoms. The van der Waals surface area contributed by atoms with E-state index < -0.39 is 5.54 Å². The Morgan fingerprint density at radius 1 is 1.52 bits per heavy atom. The maximum atomic E-state index is 12.2. The van der Waals surface area contributed by atoms with Gasteiger partial charge < -0.3 is 14.3 Å². The normalized spacial score (nSPS) is 13.5. The number of amides is 1. The molecule has 0 saturated carbocycles. The van der Waals surface area contributed by atoms with Crippen LogP contribution in [0.2, 0.25) is 0 Å². The molecule has 2 heterocycles. The van der Waals surface area contributed by atoms with Crippen LogP contribution in [0.5, 0.6) is 0 Å². The lowest BCUT2D eigenvalue weighted by molar-refractivity contribution is -0.120. The number of carbonyl (C=O) groups excluding carboxylic acids is 1. The molecule has 0 spiro atoms. The molecule has 2 aromatic rings. The molecule has 0 aliphatic heterocycles. The average molecular weight is 361 g/mol. The topological polar surface area (TPSA) is 96.7 Å². The molecule has 0 aromatic carbocycles. The monoisotopic (exact) mass is 361 g/mol. The number of carbonyl (C=O) groups is 1. The summed E-state index contributed by atoms with van der Waals surface area (Å²) in [6, 6.07) is 4.03. The van der Waals surface area contributed by atoms with Gasteiger partial charge in [-0.25, -0.2) is 0 Å². The number of furan rings is 1. The van der Waals surface area contributed by atoms with Crippen LogP contribution in [0.3, 0.4) is 0 Å². The second-order valence-electron chi connectivity index (χ2n) is 6.25. The van der Waals surface area contributed by atoms with Crippen molar-refractivity contribution < 1.29 is 9.21 Å². The number of aryl methyl sites for hydroxylation is 1. The SMILES string of the molecule is CCn1c(SCC(=O)N[C@@](C)(C#N)C(C)C)nnc1-c1ccoc1C. The third kappa shape index (κ3) is 4.04. The number of thioether (sulfide) groups is 1. The highest BCUT2D eigenvalue weighted by Gasteiger charge is 2.30. The molecule has 8 heteroatoms. The van der Waals surface area contributed by atoms with Crippen LogP contribution < -0.4 is 5.32 Å². The maximum absolute atomic E-state index is 12.2. The lowest BCUT2D eigenvalue weighted by atomic mass is 9.90.